The van der Waals surface area contributed by atoms with Crippen LogP contribution in [0.1, 0.15) is 83.1 Å². The first kappa shape index (κ1) is 27.9. The molecule has 0 spiro atoms. The number of aromatic nitrogens is 2. The van der Waals surface area contributed by atoms with Crippen molar-refractivity contribution in [1.82, 2.24) is 20.1 Å². The van der Waals surface area contributed by atoms with Crippen molar-refractivity contribution in [3.8, 4) is 11.8 Å². The van der Waals surface area contributed by atoms with Gasteiger partial charge in [0, 0.05) is 31.3 Å². The van der Waals surface area contributed by atoms with Crippen molar-refractivity contribution in [2.24, 2.45) is 0 Å². The number of rotatable bonds is 19. The van der Waals surface area contributed by atoms with Crippen LogP contribution >= 0.6 is 11.5 Å². The average Bonchev–Trinajstić information content (AvgIpc) is 3.27. The second-order valence-corrected chi connectivity index (χ2v) is 9.21. The van der Waals surface area contributed by atoms with E-state index < -0.39 is 0 Å². The molecule has 0 saturated carbocycles. The molecule has 3 N–H and O–H groups in total. The normalized spacial score (nSPS) is 10.8. The van der Waals surface area contributed by atoms with E-state index in [0.29, 0.717) is 24.0 Å². The summed E-state index contributed by atoms with van der Waals surface area (Å²) >= 11 is 1.10. The summed E-state index contributed by atoms with van der Waals surface area (Å²) in [5.74, 6) is 0.672. The Morgan fingerprint density at radius 1 is 0.971 bits per heavy atom. The Kier molecular flexibility index (Phi) is 14.7. The Hall–Kier alpha value is -2.39. The molecule has 0 radical (unpaired) electrons. The van der Waals surface area contributed by atoms with Gasteiger partial charge in [-0.2, -0.15) is 4.98 Å². The summed E-state index contributed by atoms with van der Waals surface area (Å²) in [7, 11) is 0. The molecule has 0 unspecified atom stereocenters. The maximum absolute atomic E-state index is 11.9. The number of carbonyl (C=O) groups excluding carboxylic acids is 1. The molecule has 2 aromatic rings. The van der Waals surface area contributed by atoms with Gasteiger partial charge in [0.1, 0.15) is 5.75 Å². The Labute approximate surface area is 208 Å². The zero-order valence-electron chi connectivity index (χ0n) is 20.7. The van der Waals surface area contributed by atoms with Gasteiger partial charge in [-0.3, -0.25) is 5.43 Å². The molecule has 2 amide bonds. The van der Waals surface area contributed by atoms with Crippen LogP contribution in [-0.2, 0) is 4.74 Å². The van der Waals surface area contributed by atoms with E-state index in [0.717, 1.165) is 36.5 Å². The highest BCUT2D eigenvalue weighted by molar-refractivity contribution is 7.09. The summed E-state index contributed by atoms with van der Waals surface area (Å²) in [4.78, 5) is 16.1. The lowest BCUT2D eigenvalue weighted by Crippen LogP contribution is -2.39. The number of hydrogen-bond donors (Lipinski definition) is 3. The topological polar surface area (TPSA) is 97.4 Å². The fraction of sp³-hybridized carbons (Fsp3) is 0.640. The van der Waals surface area contributed by atoms with Crippen LogP contribution < -0.4 is 20.9 Å². The second kappa shape index (κ2) is 18.0. The minimum Gasteiger partial charge on any atom is -0.424 e. The van der Waals surface area contributed by atoms with E-state index in [1.54, 1.807) is 0 Å². The van der Waals surface area contributed by atoms with Crippen molar-refractivity contribution in [3.63, 3.8) is 0 Å². The fourth-order valence-electron chi connectivity index (χ4n) is 3.41. The molecule has 1 aromatic carbocycles. The number of hydrazine groups is 1. The number of carbonyl (C=O) groups is 1. The summed E-state index contributed by atoms with van der Waals surface area (Å²) in [6.45, 7) is 6.25. The number of nitrogens with zero attached hydrogens (tertiary/aromatic N) is 2. The first-order chi connectivity index (χ1) is 16.7. The average molecular weight is 492 g/mol. The van der Waals surface area contributed by atoms with Gasteiger partial charge in [-0.1, -0.05) is 76.8 Å². The molecular weight excluding hydrogens is 450 g/mol. The lowest BCUT2D eigenvalue weighted by atomic mass is 10.1. The van der Waals surface area contributed by atoms with E-state index in [4.69, 9.17) is 9.47 Å². The van der Waals surface area contributed by atoms with Gasteiger partial charge in [-0.05, 0) is 37.5 Å². The van der Waals surface area contributed by atoms with E-state index >= 15 is 0 Å². The molecule has 2 rings (SSSR count). The number of aryl methyl sites for hydroxylation is 1. The van der Waals surface area contributed by atoms with Crippen LogP contribution in [0.3, 0.4) is 0 Å². The molecule has 1 heterocycles. The van der Waals surface area contributed by atoms with Crippen LogP contribution in [0.4, 0.5) is 9.93 Å². The minimum absolute atomic E-state index is 0.236. The molecule has 0 fully saturated rings. The summed E-state index contributed by atoms with van der Waals surface area (Å²) < 4.78 is 15.4. The summed E-state index contributed by atoms with van der Waals surface area (Å²) in [6.07, 6.45) is 14.0. The van der Waals surface area contributed by atoms with Crippen LogP contribution in [0.15, 0.2) is 24.3 Å². The van der Waals surface area contributed by atoms with Gasteiger partial charge < -0.3 is 14.8 Å². The number of hydrogen-bond acceptors (Lipinski definition) is 7. The molecule has 8 nitrogen and oxygen atoms in total. The number of urea groups is 1. The predicted molar refractivity (Wildman–Crippen MR) is 139 cm³/mol. The van der Waals surface area contributed by atoms with Crippen molar-refractivity contribution in [2.75, 3.05) is 25.2 Å². The molecule has 0 atom stereocenters. The summed E-state index contributed by atoms with van der Waals surface area (Å²) in [6, 6.07) is 7.55. The zero-order chi connectivity index (χ0) is 24.3. The monoisotopic (exact) mass is 491 g/mol. The van der Waals surface area contributed by atoms with Crippen LogP contribution in [0.2, 0.25) is 0 Å². The van der Waals surface area contributed by atoms with Crippen LogP contribution in [0.5, 0.6) is 11.8 Å². The smallest absolute Gasteiger partial charge is 0.335 e. The van der Waals surface area contributed by atoms with Crippen molar-refractivity contribution in [3.05, 3.63) is 29.8 Å². The quantitative estimate of drug-likeness (QED) is 0.151. The predicted octanol–water partition coefficient (Wildman–Crippen LogP) is 6.59. The number of anilines is 1. The van der Waals surface area contributed by atoms with E-state index in [1.165, 1.54) is 57.8 Å². The van der Waals surface area contributed by atoms with Gasteiger partial charge in [0.15, 0.2) is 0 Å². The molecule has 0 aliphatic carbocycles. The summed E-state index contributed by atoms with van der Waals surface area (Å²) in [5.41, 5.74) is 6.37. The number of nitrogens with one attached hydrogen (secondary N) is 3. The SMILES string of the molecule is CCCCCCCCCCCCOCCCNC(=O)NNc1nc(Oc2cccc(C)c2)ns1. The second-order valence-electron chi connectivity index (χ2n) is 8.45. The third-order valence-electron chi connectivity index (χ3n) is 5.28. The number of benzene rings is 1. The van der Waals surface area contributed by atoms with E-state index in [1.807, 2.05) is 31.2 Å². The van der Waals surface area contributed by atoms with E-state index in [9.17, 15) is 4.79 Å². The van der Waals surface area contributed by atoms with Gasteiger partial charge in [0.2, 0.25) is 5.13 Å². The molecule has 9 heteroatoms. The fourth-order valence-corrected chi connectivity index (χ4v) is 3.87. The zero-order valence-corrected chi connectivity index (χ0v) is 21.6. The first-order valence-corrected chi connectivity index (χ1v) is 13.4. The first-order valence-electron chi connectivity index (χ1n) is 12.6. The standard InChI is InChI=1S/C25H41N5O3S/c1-3-4-5-6-7-8-9-10-11-12-18-32-19-14-17-26-23(31)28-29-25-27-24(30-34-25)33-22-16-13-15-21(2)20-22/h13,15-16,20H,3-12,14,17-19H2,1-2H3,(H2,26,28,31)(H,27,29,30). The molecule has 190 valence electrons. The Morgan fingerprint density at radius 2 is 1.68 bits per heavy atom. The lowest BCUT2D eigenvalue weighted by molar-refractivity contribution is 0.127. The molecule has 0 bridgehead atoms. The number of ether oxygens (including phenoxy) is 2. The van der Waals surface area contributed by atoms with Crippen LogP contribution in [-0.4, -0.2) is 35.1 Å². The van der Waals surface area contributed by atoms with Crippen molar-refractivity contribution < 1.29 is 14.3 Å². The Bertz CT molecular complexity index is 802. The van der Waals surface area contributed by atoms with E-state index in [2.05, 4.69) is 32.4 Å². The van der Waals surface area contributed by atoms with E-state index in [-0.39, 0.29) is 12.0 Å². The van der Waals surface area contributed by atoms with Crippen molar-refractivity contribution in [1.29, 1.82) is 0 Å². The van der Waals surface area contributed by atoms with Gasteiger partial charge in [0.25, 0.3) is 0 Å². The molecular formula is C25H41N5O3S. The lowest BCUT2D eigenvalue weighted by Gasteiger charge is -2.08. The third kappa shape index (κ3) is 13.3. The van der Waals surface area contributed by atoms with Gasteiger partial charge in [0.05, 0.1) is 0 Å². The van der Waals surface area contributed by atoms with Gasteiger partial charge >= 0.3 is 12.0 Å². The third-order valence-corrected chi connectivity index (χ3v) is 5.90. The maximum Gasteiger partial charge on any atom is 0.335 e. The highest BCUT2D eigenvalue weighted by atomic mass is 32.1. The van der Waals surface area contributed by atoms with Gasteiger partial charge in [-0.25, -0.2) is 10.2 Å². The molecule has 0 aliphatic heterocycles. The maximum atomic E-state index is 11.9. The highest BCUT2D eigenvalue weighted by Gasteiger charge is 2.07. The largest absolute Gasteiger partial charge is 0.424 e. The minimum atomic E-state index is -0.328. The highest BCUT2D eigenvalue weighted by Crippen LogP contribution is 2.22. The molecule has 0 aliphatic rings. The molecule has 1 aromatic heterocycles. The Morgan fingerprint density at radius 3 is 2.41 bits per heavy atom. The van der Waals surface area contributed by atoms with Crippen molar-refractivity contribution in [2.45, 2.75) is 84.5 Å². The number of unbranched alkanes of at least 4 members (excludes halogenated alkanes) is 9. The molecule has 34 heavy (non-hydrogen) atoms. The van der Waals surface area contributed by atoms with Crippen LogP contribution in [0.25, 0.3) is 0 Å². The van der Waals surface area contributed by atoms with Crippen molar-refractivity contribution >= 4 is 22.7 Å². The van der Waals surface area contributed by atoms with Crippen LogP contribution in [0, 0.1) is 6.92 Å². The summed E-state index contributed by atoms with van der Waals surface area (Å²) in [5, 5.41) is 3.22. The number of amides is 2. The Balaban J connectivity index is 1.39. The van der Waals surface area contributed by atoms with Gasteiger partial charge in [-0.15, -0.1) is 4.37 Å². The molecule has 0 saturated heterocycles.